The average molecular weight is 322 g/mol. The number of hydrogen-bond acceptors (Lipinski definition) is 4. The Morgan fingerprint density at radius 3 is 2.54 bits per heavy atom. The molecule has 1 aromatic carbocycles. The molecule has 2 heterocycles. The number of nitrogens with zero attached hydrogens (tertiary/aromatic N) is 3. The van der Waals surface area contributed by atoms with Crippen molar-refractivity contribution < 1.29 is 9.53 Å². The number of amides is 1. The number of rotatable bonds is 5. The number of aromatic nitrogens is 3. The predicted molar refractivity (Wildman–Crippen MR) is 91.0 cm³/mol. The summed E-state index contributed by atoms with van der Waals surface area (Å²) in [6.45, 7) is 4.29. The summed E-state index contributed by atoms with van der Waals surface area (Å²) >= 11 is 0. The first-order valence-corrected chi connectivity index (χ1v) is 7.56. The summed E-state index contributed by atoms with van der Waals surface area (Å²) in [5, 5.41) is 6.99. The molecule has 6 heteroatoms. The Morgan fingerprint density at radius 1 is 1.12 bits per heavy atom. The lowest BCUT2D eigenvalue weighted by atomic mass is 10.1. The van der Waals surface area contributed by atoms with E-state index in [9.17, 15) is 4.79 Å². The molecule has 0 atom stereocenters. The Kier molecular flexibility index (Phi) is 4.56. The van der Waals surface area contributed by atoms with Crippen LogP contribution in [0.2, 0.25) is 0 Å². The molecule has 0 fully saturated rings. The average Bonchev–Trinajstić information content (AvgIpc) is 3.02. The molecule has 1 N–H and O–H groups in total. The first-order chi connectivity index (χ1) is 11.6. The normalized spacial score (nSPS) is 10.4. The van der Waals surface area contributed by atoms with Crippen LogP contribution < -0.4 is 10.1 Å². The lowest BCUT2D eigenvalue weighted by molar-refractivity contribution is 0.102. The molecule has 1 amide bonds. The van der Waals surface area contributed by atoms with E-state index in [-0.39, 0.29) is 12.6 Å². The van der Waals surface area contributed by atoms with Crippen LogP contribution in [0.3, 0.4) is 0 Å². The second kappa shape index (κ2) is 6.95. The van der Waals surface area contributed by atoms with Crippen molar-refractivity contribution in [3.8, 4) is 5.75 Å². The molecule has 0 spiro atoms. The molecule has 0 aliphatic carbocycles. The molecule has 2 aromatic heterocycles. The Morgan fingerprint density at radius 2 is 1.83 bits per heavy atom. The Balaban J connectivity index is 1.62. The van der Waals surface area contributed by atoms with Crippen LogP contribution >= 0.6 is 0 Å². The van der Waals surface area contributed by atoms with Crippen molar-refractivity contribution in [1.29, 1.82) is 0 Å². The summed E-state index contributed by atoms with van der Waals surface area (Å²) < 4.78 is 7.31. The maximum absolute atomic E-state index is 12.1. The van der Waals surface area contributed by atoms with Crippen molar-refractivity contribution in [3.05, 3.63) is 71.8 Å². The molecule has 0 aliphatic heterocycles. The van der Waals surface area contributed by atoms with Crippen molar-refractivity contribution in [2.45, 2.75) is 20.6 Å². The van der Waals surface area contributed by atoms with E-state index in [4.69, 9.17) is 4.74 Å². The van der Waals surface area contributed by atoms with Crippen LogP contribution in [0.5, 0.6) is 5.75 Å². The van der Waals surface area contributed by atoms with Crippen LogP contribution in [0.1, 0.15) is 21.6 Å². The van der Waals surface area contributed by atoms with Crippen LogP contribution in [-0.2, 0) is 6.73 Å². The molecule has 122 valence electrons. The molecule has 0 saturated heterocycles. The van der Waals surface area contributed by atoms with E-state index in [1.807, 2.05) is 26.0 Å². The summed E-state index contributed by atoms with van der Waals surface area (Å²) in [5.74, 6) is 0.511. The first kappa shape index (κ1) is 15.7. The zero-order valence-corrected chi connectivity index (χ0v) is 13.6. The van der Waals surface area contributed by atoms with E-state index in [0.29, 0.717) is 11.4 Å². The smallest absolute Gasteiger partial charge is 0.276 e. The Bertz CT molecular complexity index is 823. The SMILES string of the molecule is Cc1cc(C)cc(OCn2ccc(C(=O)Nc3ccncc3)n2)c1. The summed E-state index contributed by atoms with van der Waals surface area (Å²) in [4.78, 5) is 16.1. The number of pyridine rings is 1. The van der Waals surface area contributed by atoms with Crippen LogP contribution in [0.4, 0.5) is 5.69 Å². The quantitative estimate of drug-likeness (QED) is 0.783. The van der Waals surface area contributed by atoms with E-state index >= 15 is 0 Å². The van der Waals surface area contributed by atoms with Crippen molar-refractivity contribution in [2.75, 3.05) is 5.32 Å². The summed E-state index contributed by atoms with van der Waals surface area (Å²) in [5.41, 5.74) is 3.29. The number of aryl methyl sites for hydroxylation is 2. The van der Waals surface area contributed by atoms with E-state index in [2.05, 4.69) is 21.5 Å². The minimum absolute atomic E-state index is 0.241. The van der Waals surface area contributed by atoms with Crippen LogP contribution in [-0.4, -0.2) is 20.7 Å². The van der Waals surface area contributed by atoms with Crippen LogP contribution in [0.25, 0.3) is 0 Å². The molecular formula is C18H18N4O2. The molecule has 6 nitrogen and oxygen atoms in total. The van der Waals surface area contributed by atoms with Gasteiger partial charge in [-0.25, -0.2) is 4.68 Å². The van der Waals surface area contributed by atoms with Gasteiger partial charge in [0.05, 0.1) is 0 Å². The van der Waals surface area contributed by atoms with Crippen molar-refractivity contribution in [2.24, 2.45) is 0 Å². The highest BCUT2D eigenvalue weighted by Crippen LogP contribution is 2.16. The number of ether oxygens (including phenoxy) is 1. The van der Waals surface area contributed by atoms with E-state index in [1.54, 1.807) is 41.5 Å². The van der Waals surface area contributed by atoms with Crippen LogP contribution in [0.15, 0.2) is 55.0 Å². The third kappa shape index (κ3) is 3.98. The standard InChI is InChI=1S/C18H18N4O2/c1-13-9-14(2)11-16(10-13)24-12-22-8-5-17(21-22)18(23)20-15-3-6-19-7-4-15/h3-11H,12H2,1-2H3,(H,19,20,23). The molecular weight excluding hydrogens is 304 g/mol. The van der Waals surface area contributed by atoms with Gasteiger partial charge in [-0.15, -0.1) is 0 Å². The van der Waals surface area contributed by atoms with E-state index < -0.39 is 0 Å². The number of hydrogen-bond donors (Lipinski definition) is 1. The molecule has 3 aromatic rings. The Hall–Kier alpha value is -3.15. The lowest BCUT2D eigenvalue weighted by Gasteiger charge is -2.08. The number of carbonyl (C=O) groups excluding carboxylic acids is 1. The minimum atomic E-state index is -0.272. The highest BCUT2D eigenvalue weighted by molar-refractivity contribution is 6.02. The third-order valence-corrected chi connectivity index (χ3v) is 3.37. The first-order valence-electron chi connectivity index (χ1n) is 7.56. The highest BCUT2D eigenvalue weighted by atomic mass is 16.5. The van der Waals surface area contributed by atoms with Gasteiger partial charge in [0.15, 0.2) is 12.4 Å². The fraction of sp³-hybridized carbons (Fsp3) is 0.167. The topological polar surface area (TPSA) is 69.0 Å². The maximum Gasteiger partial charge on any atom is 0.276 e. The van der Waals surface area contributed by atoms with Gasteiger partial charge < -0.3 is 10.1 Å². The van der Waals surface area contributed by atoms with E-state index in [1.165, 1.54) is 0 Å². The van der Waals surface area contributed by atoms with Crippen molar-refractivity contribution in [1.82, 2.24) is 14.8 Å². The van der Waals surface area contributed by atoms with Gasteiger partial charge in [-0.3, -0.25) is 9.78 Å². The molecule has 0 aliphatic rings. The van der Waals surface area contributed by atoms with E-state index in [0.717, 1.165) is 16.9 Å². The van der Waals surface area contributed by atoms with Gasteiger partial charge in [-0.1, -0.05) is 6.07 Å². The monoisotopic (exact) mass is 322 g/mol. The van der Waals surface area contributed by atoms with Gasteiger partial charge in [0, 0.05) is 24.3 Å². The second-order valence-electron chi connectivity index (χ2n) is 5.53. The van der Waals surface area contributed by atoms with Crippen molar-refractivity contribution >= 4 is 11.6 Å². The third-order valence-electron chi connectivity index (χ3n) is 3.37. The summed E-state index contributed by atoms with van der Waals surface area (Å²) in [6.07, 6.45) is 4.95. The number of benzene rings is 1. The Labute approximate surface area is 140 Å². The van der Waals surface area contributed by atoms with Gasteiger partial charge >= 0.3 is 0 Å². The number of carbonyl (C=O) groups is 1. The molecule has 0 unspecified atom stereocenters. The predicted octanol–water partition coefficient (Wildman–Crippen LogP) is 3.18. The maximum atomic E-state index is 12.1. The second-order valence-corrected chi connectivity index (χ2v) is 5.53. The van der Waals surface area contributed by atoms with Gasteiger partial charge in [-0.2, -0.15) is 5.10 Å². The van der Waals surface area contributed by atoms with Gasteiger partial charge in [0.1, 0.15) is 5.75 Å². The fourth-order valence-corrected chi connectivity index (χ4v) is 2.34. The molecule has 0 saturated carbocycles. The molecule has 3 rings (SSSR count). The van der Waals surface area contributed by atoms with Gasteiger partial charge in [0.2, 0.25) is 0 Å². The lowest BCUT2D eigenvalue weighted by Crippen LogP contribution is -2.14. The molecule has 0 radical (unpaired) electrons. The zero-order valence-electron chi connectivity index (χ0n) is 13.6. The number of nitrogens with one attached hydrogen (secondary N) is 1. The molecule has 0 bridgehead atoms. The van der Waals surface area contributed by atoms with Gasteiger partial charge in [-0.05, 0) is 55.3 Å². The summed E-state index contributed by atoms with van der Waals surface area (Å²) in [6, 6.07) is 11.1. The fourth-order valence-electron chi connectivity index (χ4n) is 2.34. The number of anilines is 1. The zero-order chi connectivity index (χ0) is 16.9. The molecule has 24 heavy (non-hydrogen) atoms. The minimum Gasteiger partial charge on any atom is -0.471 e. The van der Waals surface area contributed by atoms with Crippen molar-refractivity contribution in [3.63, 3.8) is 0 Å². The highest BCUT2D eigenvalue weighted by Gasteiger charge is 2.10. The summed E-state index contributed by atoms with van der Waals surface area (Å²) in [7, 11) is 0. The van der Waals surface area contributed by atoms with Crippen LogP contribution in [0, 0.1) is 13.8 Å². The van der Waals surface area contributed by atoms with Gasteiger partial charge in [0.25, 0.3) is 5.91 Å². The largest absolute Gasteiger partial charge is 0.471 e.